The molecule has 0 aliphatic carbocycles. The Morgan fingerprint density at radius 3 is 2.29 bits per heavy atom. The van der Waals surface area contributed by atoms with Gasteiger partial charge in [0.15, 0.2) is 0 Å². The summed E-state index contributed by atoms with van der Waals surface area (Å²) in [6, 6.07) is 13.9. The normalized spacial score (nSPS) is 18.6. The van der Waals surface area contributed by atoms with Gasteiger partial charge in [-0.15, -0.1) is 0 Å². The number of nitrogens with one attached hydrogen (secondary N) is 1. The first-order chi connectivity index (χ1) is 16.4. The van der Waals surface area contributed by atoms with Gasteiger partial charge in [0.05, 0.1) is 5.75 Å². The van der Waals surface area contributed by atoms with Crippen molar-refractivity contribution in [1.29, 1.82) is 0 Å². The molecule has 0 atom stereocenters. The van der Waals surface area contributed by atoms with Crippen molar-refractivity contribution in [3.63, 3.8) is 0 Å². The molecule has 0 bridgehead atoms. The van der Waals surface area contributed by atoms with Gasteiger partial charge in [0, 0.05) is 32.1 Å². The first kappa shape index (κ1) is 24.8. The molecule has 1 N–H and O–H groups in total. The summed E-state index contributed by atoms with van der Waals surface area (Å²) in [5.74, 6) is -0.745. The summed E-state index contributed by atoms with van der Waals surface area (Å²) < 4.78 is 40.0. The molecule has 2 aliphatic rings. The molecule has 2 aromatic rings. The predicted molar refractivity (Wildman–Crippen MR) is 131 cm³/mol. The topological polar surface area (TPSA) is 69.7 Å². The Labute approximate surface area is 202 Å². The minimum atomic E-state index is -3.50. The van der Waals surface area contributed by atoms with E-state index in [1.165, 1.54) is 53.4 Å². The minimum absolute atomic E-state index is 0.0167. The van der Waals surface area contributed by atoms with E-state index in [0.29, 0.717) is 38.0 Å². The number of rotatable bonds is 8. The number of piperidine rings is 2. The van der Waals surface area contributed by atoms with Crippen molar-refractivity contribution in [3.05, 3.63) is 71.0 Å². The fourth-order valence-corrected chi connectivity index (χ4v) is 6.39. The molecule has 0 spiro atoms. The summed E-state index contributed by atoms with van der Waals surface area (Å²) >= 11 is 0. The molecule has 0 saturated carbocycles. The van der Waals surface area contributed by atoms with Crippen LogP contribution in [0, 0.1) is 11.7 Å². The van der Waals surface area contributed by atoms with Crippen LogP contribution in [0.5, 0.6) is 0 Å². The van der Waals surface area contributed by atoms with Crippen LogP contribution in [0.2, 0.25) is 0 Å². The van der Waals surface area contributed by atoms with Crippen LogP contribution in [-0.4, -0.2) is 49.7 Å². The van der Waals surface area contributed by atoms with Crippen LogP contribution in [0.25, 0.3) is 0 Å². The highest BCUT2D eigenvalue weighted by Crippen LogP contribution is 2.22. The number of amides is 1. The fraction of sp³-hybridized carbons (Fsp3) is 0.500. The molecular weight excluding hydrogens is 453 g/mol. The van der Waals surface area contributed by atoms with Gasteiger partial charge < -0.3 is 5.32 Å². The van der Waals surface area contributed by atoms with Crippen molar-refractivity contribution in [1.82, 2.24) is 14.5 Å². The van der Waals surface area contributed by atoms with E-state index in [9.17, 15) is 17.6 Å². The molecule has 6 nitrogen and oxygen atoms in total. The lowest BCUT2D eigenvalue weighted by Crippen LogP contribution is -2.43. The highest BCUT2D eigenvalue weighted by atomic mass is 32.2. The number of sulfonamides is 1. The summed E-state index contributed by atoms with van der Waals surface area (Å²) in [7, 11) is -3.50. The third kappa shape index (κ3) is 6.87. The van der Waals surface area contributed by atoms with Gasteiger partial charge in [-0.2, -0.15) is 0 Å². The second-order valence-electron chi connectivity index (χ2n) is 9.43. The maximum Gasteiger partial charge on any atom is 0.223 e. The number of likely N-dealkylation sites (tertiary alicyclic amines) is 1. The van der Waals surface area contributed by atoms with Crippen LogP contribution in [0.3, 0.4) is 0 Å². The van der Waals surface area contributed by atoms with E-state index in [1.807, 2.05) is 12.1 Å². The highest BCUT2D eigenvalue weighted by Gasteiger charge is 2.31. The number of hydrogen-bond donors (Lipinski definition) is 1. The van der Waals surface area contributed by atoms with Crippen molar-refractivity contribution >= 4 is 15.9 Å². The van der Waals surface area contributed by atoms with E-state index in [4.69, 9.17) is 0 Å². The molecule has 8 heteroatoms. The van der Waals surface area contributed by atoms with Gasteiger partial charge in [0.2, 0.25) is 15.9 Å². The summed E-state index contributed by atoms with van der Waals surface area (Å²) in [4.78, 5) is 15.2. The first-order valence-corrected chi connectivity index (χ1v) is 13.8. The van der Waals surface area contributed by atoms with Gasteiger partial charge in [-0.3, -0.25) is 9.69 Å². The van der Waals surface area contributed by atoms with Crippen LogP contribution in [0.1, 0.15) is 48.8 Å². The summed E-state index contributed by atoms with van der Waals surface area (Å²) in [5.41, 5.74) is 2.92. The van der Waals surface area contributed by atoms with Crippen LogP contribution in [0.4, 0.5) is 4.39 Å². The average molecular weight is 488 g/mol. The van der Waals surface area contributed by atoms with Crippen molar-refractivity contribution in [3.8, 4) is 0 Å². The second-order valence-corrected chi connectivity index (χ2v) is 11.4. The fourth-order valence-electron chi connectivity index (χ4n) is 4.83. The zero-order valence-corrected chi connectivity index (χ0v) is 20.4. The largest absolute Gasteiger partial charge is 0.352 e. The molecule has 2 heterocycles. The first-order valence-electron chi connectivity index (χ1n) is 12.2. The van der Waals surface area contributed by atoms with Crippen LogP contribution in [-0.2, 0) is 33.7 Å². The Bertz CT molecular complexity index is 1060. The lowest BCUT2D eigenvalue weighted by atomic mass is 9.97. The van der Waals surface area contributed by atoms with Crippen LogP contribution < -0.4 is 5.32 Å². The molecular formula is C26H34FN3O3S. The zero-order chi connectivity index (χ0) is 24.0. The molecule has 184 valence electrons. The molecule has 0 radical (unpaired) electrons. The zero-order valence-electron chi connectivity index (χ0n) is 19.6. The Hall–Kier alpha value is -2.29. The average Bonchev–Trinajstić information content (AvgIpc) is 2.85. The molecule has 0 unspecified atom stereocenters. The minimum Gasteiger partial charge on any atom is -0.352 e. The van der Waals surface area contributed by atoms with E-state index in [0.717, 1.165) is 25.2 Å². The van der Waals surface area contributed by atoms with E-state index in [1.54, 1.807) is 0 Å². The number of halogens is 1. The molecule has 0 aromatic heterocycles. The lowest BCUT2D eigenvalue weighted by molar-refractivity contribution is -0.126. The van der Waals surface area contributed by atoms with Crippen molar-refractivity contribution in [2.45, 2.75) is 50.9 Å². The summed E-state index contributed by atoms with van der Waals surface area (Å²) in [6.07, 6.45) is 4.86. The third-order valence-electron chi connectivity index (χ3n) is 6.79. The highest BCUT2D eigenvalue weighted by molar-refractivity contribution is 7.88. The van der Waals surface area contributed by atoms with Crippen molar-refractivity contribution in [2.75, 3.05) is 26.2 Å². The van der Waals surface area contributed by atoms with Gasteiger partial charge in [-0.1, -0.05) is 42.8 Å². The van der Waals surface area contributed by atoms with Gasteiger partial charge >= 0.3 is 0 Å². The van der Waals surface area contributed by atoms with E-state index >= 15 is 0 Å². The number of benzene rings is 2. The van der Waals surface area contributed by atoms with Gasteiger partial charge in [0.1, 0.15) is 5.82 Å². The Morgan fingerprint density at radius 1 is 0.912 bits per heavy atom. The Balaban J connectivity index is 1.23. The predicted octanol–water partition coefficient (Wildman–Crippen LogP) is 3.67. The van der Waals surface area contributed by atoms with Crippen molar-refractivity contribution < 1.29 is 17.6 Å². The van der Waals surface area contributed by atoms with Gasteiger partial charge in [0.25, 0.3) is 0 Å². The molecule has 1 amide bonds. The van der Waals surface area contributed by atoms with Gasteiger partial charge in [-0.25, -0.2) is 17.1 Å². The number of carbonyl (C=O) groups is 1. The van der Waals surface area contributed by atoms with Crippen molar-refractivity contribution in [2.24, 2.45) is 5.92 Å². The maximum atomic E-state index is 13.1. The Morgan fingerprint density at radius 2 is 1.59 bits per heavy atom. The quantitative estimate of drug-likeness (QED) is 0.617. The van der Waals surface area contributed by atoms with Gasteiger partial charge in [-0.05, 0) is 67.6 Å². The molecule has 2 aliphatic heterocycles. The van der Waals surface area contributed by atoms with E-state index in [-0.39, 0.29) is 23.4 Å². The Kier molecular flexibility index (Phi) is 8.34. The molecule has 2 fully saturated rings. The summed E-state index contributed by atoms with van der Waals surface area (Å²) in [5, 5.41) is 3.04. The standard InChI is InChI=1S/C26H34FN3O3S/c27-25-9-7-21(8-10-25)20-34(32,33)30-15-11-24(12-16-30)26(31)28-18-22-5-4-6-23(17-22)19-29-13-2-1-3-14-29/h4-10,17,24H,1-3,11-16,18-20H2,(H,28,31). The van der Waals surface area contributed by atoms with E-state index < -0.39 is 10.0 Å². The smallest absolute Gasteiger partial charge is 0.223 e. The molecule has 34 heavy (non-hydrogen) atoms. The second kappa shape index (κ2) is 11.4. The lowest BCUT2D eigenvalue weighted by Gasteiger charge is -2.30. The number of nitrogens with zero attached hydrogens (tertiary/aromatic N) is 2. The number of hydrogen-bond acceptors (Lipinski definition) is 4. The SMILES string of the molecule is O=C(NCc1cccc(CN2CCCCC2)c1)C1CCN(S(=O)(=O)Cc2ccc(F)cc2)CC1. The number of carbonyl (C=O) groups excluding carboxylic acids is 1. The maximum absolute atomic E-state index is 13.1. The van der Waals surface area contributed by atoms with Crippen LogP contribution in [0.15, 0.2) is 48.5 Å². The van der Waals surface area contributed by atoms with E-state index in [2.05, 4.69) is 22.3 Å². The monoisotopic (exact) mass is 487 g/mol. The molecule has 2 saturated heterocycles. The third-order valence-corrected chi connectivity index (χ3v) is 8.64. The molecule has 2 aromatic carbocycles. The van der Waals surface area contributed by atoms with Crippen LogP contribution >= 0.6 is 0 Å². The summed E-state index contributed by atoms with van der Waals surface area (Å²) in [6.45, 7) is 4.39. The molecule has 4 rings (SSSR count).